The average Bonchev–Trinajstić information content (AvgIpc) is 2.73. The van der Waals surface area contributed by atoms with Crippen LogP contribution in [-0.2, 0) is 20.7 Å². The van der Waals surface area contributed by atoms with E-state index in [1.54, 1.807) is 0 Å². The van der Waals surface area contributed by atoms with E-state index in [9.17, 15) is 9.59 Å². The lowest BCUT2D eigenvalue weighted by Gasteiger charge is -2.39. The van der Waals surface area contributed by atoms with Gasteiger partial charge in [-0.3, -0.25) is 9.59 Å². The third kappa shape index (κ3) is 3.32. The van der Waals surface area contributed by atoms with Gasteiger partial charge in [-0.25, -0.2) is 0 Å². The Morgan fingerprint density at radius 2 is 1.53 bits per heavy atom. The van der Waals surface area contributed by atoms with Crippen LogP contribution in [0.3, 0.4) is 0 Å². The van der Waals surface area contributed by atoms with Gasteiger partial charge in [0.1, 0.15) is 11.1 Å². The van der Waals surface area contributed by atoms with E-state index in [1.165, 1.54) is 0 Å². The molecule has 0 amide bonds. The van der Waals surface area contributed by atoms with E-state index in [4.69, 9.17) is 11.5 Å². The van der Waals surface area contributed by atoms with Crippen LogP contribution in [0.5, 0.6) is 0 Å². The van der Waals surface area contributed by atoms with E-state index >= 15 is 0 Å². The number of hydrogen-bond donors (Lipinski definition) is 2. The lowest BCUT2D eigenvalue weighted by atomic mass is 9.67. The number of carbonyl (C=O) groups is 2. The van der Waals surface area contributed by atoms with Crippen LogP contribution in [-0.4, -0.2) is 11.6 Å². The second-order valence-electron chi connectivity index (χ2n) is 9.27. The molecule has 1 unspecified atom stereocenters. The highest BCUT2D eigenvalue weighted by Crippen LogP contribution is 2.42. The fourth-order valence-corrected chi connectivity index (χ4v) is 5.48. The molecule has 2 aliphatic carbocycles. The van der Waals surface area contributed by atoms with Gasteiger partial charge in [0.25, 0.3) is 0 Å². The van der Waals surface area contributed by atoms with Crippen molar-refractivity contribution in [2.45, 2.75) is 75.8 Å². The minimum absolute atomic E-state index is 0.0684. The standard InChI is InChI=1S/C26H32N2O2/c1-17-8-3-4-10-21(17)26(28)15-7-9-20(24(26)30)19-13-12-18(2)22(16-19)25(27)14-6-5-11-23(25)29/h3-4,8,10,12-13,16,20H,5-7,9,11,14-15,27-28H2,1-2H3/t20?,25-,26+/m0/s1. The second kappa shape index (κ2) is 7.75. The van der Waals surface area contributed by atoms with Crippen molar-refractivity contribution in [2.24, 2.45) is 11.5 Å². The lowest BCUT2D eigenvalue weighted by molar-refractivity contribution is -0.128. The second-order valence-corrected chi connectivity index (χ2v) is 9.27. The van der Waals surface area contributed by atoms with Gasteiger partial charge in [0.15, 0.2) is 11.6 Å². The molecule has 0 spiro atoms. The highest BCUT2D eigenvalue weighted by atomic mass is 16.1. The molecule has 4 nitrogen and oxygen atoms in total. The number of rotatable bonds is 3. The van der Waals surface area contributed by atoms with Crippen molar-refractivity contribution in [2.75, 3.05) is 0 Å². The summed E-state index contributed by atoms with van der Waals surface area (Å²) in [7, 11) is 0. The highest BCUT2D eigenvalue weighted by Gasteiger charge is 2.45. The van der Waals surface area contributed by atoms with Gasteiger partial charge < -0.3 is 11.5 Å². The van der Waals surface area contributed by atoms with Crippen LogP contribution < -0.4 is 11.5 Å². The number of ketones is 2. The van der Waals surface area contributed by atoms with Gasteiger partial charge in [-0.1, -0.05) is 48.9 Å². The monoisotopic (exact) mass is 404 g/mol. The Morgan fingerprint density at radius 1 is 0.833 bits per heavy atom. The van der Waals surface area contributed by atoms with Crippen molar-refractivity contribution in [3.8, 4) is 0 Å². The van der Waals surface area contributed by atoms with Crippen molar-refractivity contribution in [3.05, 3.63) is 70.3 Å². The van der Waals surface area contributed by atoms with E-state index in [2.05, 4.69) is 0 Å². The van der Waals surface area contributed by atoms with E-state index in [0.717, 1.165) is 53.5 Å². The van der Waals surface area contributed by atoms with Gasteiger partial charge in [0.05, 0.1) is 0 Å². The first-order valence-corrected chi connectivity index (χ1v) is 11.1. The fourth-order valence-electron chi connectivity index (χ4n) is 5.48. The summed E-state index contributed by atoms with van der Waals surface area (Å²) in [6, 6.07) is 14.0. The van der Waals surface area contributed by atoms with Crippen LogP contribution in [0.2, 0.25) is 0 Å². The van der Waals surface area contributed by atoms with Crippen molar-refractivity contribution in [1.29, 1.82) is 0 Å². The molecule has 0 heterocycles. The van der Waals surface area contributed by atoms with Gasteiger partial charge in [-0.05, 0) is 73.8 Å². The van der Waals surface area contributed by atoms with E-state index in [0.29, 0.717) is 19.3 Å². The predicted molar refractivity (Wildman–Crippen MR) is 119 cm³/mol. The molecule has 3 atom stereocenters. The Hall–Kier alpha value is -2.30. The Bertz CT molecular complexity index is 998. The molecule has 2 fully saturated rings. The summed E-state index contributed by atoms with van der Waals surface area (Å²) in [5.74, 6) is -0.0963. The molecule has 2 aliphatic rings. The molecule has 0 aliphatic heterocycles. The van der Waals surface area contributed by atoms with E-state index in [1.807, 2.05) is 56.3 Å². The largest absolute Gasteiger partial charge is 0.315 e. The first-order valence-electron chi connectivity index (χ1n) is 11.1. The van der Waals surface area contributed by atoms with E-state index in [-0.39, 0.29) is 17.5 Å². The molecular formula is C26H32N2O2. The summed E-state index contributed by atoms with van der Waals surface area (Å²) in [5, 5.41) is 0. The molecule has 2 aromatic rings. The summed E-state index contributed by atoms with van der Waals surface area (Å²) in [6.07, 6.45) is 5.37. The minimum Gasteiger partial charge on any atom is -0.315 e. The van der Waals surface area contributed by atoms with Crippen LogP contribution >= 0.6 is 0 Å². The summed E-state index contributed by atoms with van der Waals surface area (Å²) in [6.45, 7) is 4.01. The van der Waals surface area contributed by atoms with Crippen LogP contribution in [0.1, 0.15) is 78.7 Å². The SMILES string of the molecule is Cc1ccc(C2CCC[C@@](N)(c3ccccc3C)C2=O)cc1[C@@]1(N)CCCCC1=O. The Morgan fingerprint density at radius 3 is 2.27 bits per heavy atom. The topological polar surface area (TPSA) is 86.2 Å². The molecule has 0 aromatic heterocycles. The van der Waals surface area contributed by atoms with Crippen molar-refractivity contribution < 1.29 is 9.59 Å². The molecule has 158 valence electrons. The fraction of sp³-hybridized carbons (Fsp3) is 0.462. The van der Waals surface area contributed by atoms with Crippen molar-refractivity contribution >= 4 is 11.6 Å². The maximum atomic E-state index is 13.7. The number of hydrogen-bond acceptors (Lipinski definition) is 4. The molecule has 0 bridgehead atoms. The van der Waals surface area contributed by atoms with Crippen LogP contribution in [0.25, 0.3) is 0 Å². The molecule has 0 radical (unpaired) electrons. The third-order valence-electron chi connectivity index (χ3n) is 7.31. The first kappa shape index (κ1) is 21.0. The summed E-state index contributed by atoms with van der Waals surface area (Å²) in [4.78, 5) is 26.4. The zero-order valence-electron chi connectivity index (χ0n) is 18.0. The highest BCUT2D eigenvalue weighted by molar-refractivity contribution is 5.96. The number of benzene rings is 2. The van der Waals surface area contributed by atoms with Gasteiger partial charge >= 0.3 is 0 Å². The number of carbonyl (C=O) groups excluding carboxylic acids is 2. The molecule has 30 heavy (non-hydrogen) atoms. The van der Waals surface area contributed by atoms with E-state index < -0.39 is 11.1 Å². The predicted octanol–water partition coefficient (Wildman–Crippen LogP) is 4.29. The summed E-state index contributed by atoms with van der Waals surface area (Å²) in [5.41, 5.74) is 16.3. The molecule has 4 N–H and O–H groups in total. The van der Waals surface area contributed by atoms with Gasteiger partial charge in [0, 0.05) is 12.3 Å². The Labute approximate surface area is 179 Å². The van der Waals surface area contributed by atoms with Gasteiger partial charge in [0.2, 0.25) is 0 Å². The molecule has 2 saturated carbocycles. The smallest absolute Gasteiger partial charge is 0.164 e. The Kier molecular flexibility index (Phi) is 5.41. The molecular weight excluding hydrogens is 372 g/mol. The Balaban J connectivity index is 1.73. The van der Waals surface area contributed by atoms with Crippen LogP contribution in [0, 0.1) is 13.8 Å². The number of aryl methyl sites for hydroxylation is 2. The zero-order valence-corrected chi connectivity index (χ0v) is 18.0. The maximum Gasteiger partial charge on any atom is 0.164 e. The first-order chi connectivity index (χ1) is 14.3. The van der Waals surface area contributed by atoms with Crippen molar-refractivity contribution in [3.63, 3.8) is 0 Å². The normalized spacial score (nSPS) is 29.8. The quantitative estimate of drug-likeness (QED) is 0.799. The number of Topliss-reactive ketones (excluding diaryl/α,β-unsaturated/α-hetero) is 2. The van der Waals surface area contributed by atoms with Crippen LogP contribution in [0.4, 0.5) is 0 Å². The van der Waals surface area contributed by atoms with Crippen molar-refractivity contribution in [1.82, 2.24) is 0 Å². The number of nitrogens with two attached hydrogens (primary N) is 2. The minimum atomic E-state index is -0.972. The summed E-state index contributed by atoms with van der Waals surface area (Å²) >= 11 is 0. The van der Waals surface area contributed by atoms with Gasteiger partial charge in [-0.2, -0.15) is 0 Å². The summed E-state index contributed by atoms with van der Waals surface area (Å²) < 4.78 is 0. The zero-order chi connectivity index (χ0) is 21.5. The maximum absolute atomic E-state index is 13.7. The van der Waals surface area contributed by atoms with Crippen LogP contribution in [0.15, 0.2) is 42.5 Å². The lowest BCUT2D eigenvalue weighted by Crippen LogP contribution is -2.50. The van der Waals surface area contributed by atoms with Gasteiger partial charge in [-0.15, -0.1) is 0 Å². The molecule has 4 rings (SSSR count). The molecule has 0 saturated heterocycles. The molecule has 2 aromatic carbocycles. The molecule has 4 heteroatoms. The average molecular weight is 405 g/mol. The third-order valence-corrected chi connectivity index (χ3v) is 7.31.